The number of amides is 3. The van der Waals surface area contributed by atoms with Crippen LogP contribution in [0.2, 0.25) is 0 Å². The summed E-state index contributed by atoms with van der Waals surface area (Å²) < 4.78 is 13.4. The first kappa shape index (κ1) is 24.7. The molecule has 0 saturated heterocycles. The Morgan fingerprint density at radius 2 is 1.81 bits per heavy atom. The van der Waals surface area contributed by atoms with Crippen LogP contribution in [0.5, 0.6) is 11.5 Å². The molecule has 1 aromatic heterocycles. The molecule has 37 heavy (non-hydrogen) atoms. The summed E-state index contributed by atoms with van der Waals surface area (Å²) in [6.07, 6.45) is 5.75. The van der Waals surface area contributed by atoms with Gasteiger partial charge in [0.05, 0.1) is 31.3 Å². The fourth-order valence-electron chi connectivity index (χ4n) is 5.06. The molecular formula is C29H34N4O4. The number of nitrogens with zero attached hydrogens (tertiary/aromatic N) is 3. The van der Waals surface area contributed by atoms with E-state index in [4.69, 9.17) is 9.47 Å². The summed E-state index contributed by atoms with van der Waals surface area (Å²) in [7, 11) is 3.25. The SMILES string of the molecule is CCCCNC(=O)N(CC(=O)N1c2ccccc2-n2cccc2C1c1cc(OC)ccc1OC)C1CC1. The Labute approximate surface area is 217 Å². The van der Waals surface area contributed by atoms with E-state index < -0.39 is 6.04 Å². The predicted molar refractivity (Wildman–Crippen MR) is 143 cm³/mol. The van der Waals surface area contributed by atoms with Gasteiger partial charge in [-0.2, -0.15) is 0 Å². The highest BCUT2D eigenvalue weighted by molar-refractivity contribution is 6.00. The molecule has 8 nitrogen and oxygen atoms in total. The molecule has 1 aliphatic heterocycles. The highest BCUT2D eigenvalue weighted by atomic mass is 16.5. The molecule has 3 aromatic rings. The monoisotopic (exact) mass is 502 g/mol. The number of para-hydroxylation sites is 2. The van der Waals surface area contributed by atoms with Gasteiger partial charge in [-0.05, 0) is 61.7 Å². The zero-order valence-corrected chi connectivity index (χ0v) is 21.6. The van der Waals surface area contributed by atoms with Gasteiger partial charge in [0.2, 0.25) is 5.91 Å². The standard InChI is InChI=1S/C29H34N4O4/c1-4-5-16-30-29(35)32(20-12-13-20)19-27(34)33-24-10-7-6-9-23(24)31-17-8-11-25(31)28(33)22-18-21(36-2)14-15-26(22)37-3/h6-11,14-15,17-18,20,28H,4-5,12-13,16,19H2,1-3H3,(H,30,35). The van der Waals surface area contributed by atoms with E-state index in [0.717, 1.165) is 48.3 Å². The van der Waals surface area contributed by atoms with Crippen LogP contribution < -0.4 is 19.7 Å². The summed E-state index contributed by atoms with van der Waals surface area (Å²) in [4.78, 5) is 30.8. The van der Waals surface area contributed by atoms with E-state index >= 15 is 0 Å². The van der Waals surface area contributed by atoms with E-state index in [2.05, 4.69) is 16.8 Å². The van der Waals surface area contributed by atoms with E-state index in [1.54, 1.807) is 19.1 Å². The predicted octanol–water partition coefficient (Wildman–Crippen LogP) is 4.90. The van der Waals surface area contributed by atoms with Crippen molar-refractivity contribution in [3.63, 3.8) is 0 Å². The molecule has 8 heteroatoms. The fraction of sp³-hybridized carbons (Fsp3) is 0.379. The molecule has 2 aromatic carbocycles. The summed E-state index contributed by atoms with van der Waals surface area (Å²) in [6, 6.07) is 17.0. The molecule has 0 bridgehead atoms. The number of benzene rings is 2. The lowest BCUT2D eigenvalue weighted by molar-refractivity contribution is -0.119. The number of methoxy groups -OCH3 is 2. The number of urea groups is 1. The molecule has 1 atom stereocenters. The van der Waals surface area contributed by atoms with E-state index in [1.165, 1.54) is 0 Å². The quantitative estimate of drug-likeness (QED) is 0.422. The van der Waals surface area contributed by atoms with Gasteiger partial charge in [-0.1, -0.05) is 25.5 Å². The van der Waals surface area contributed by atoms with Crippen LogP contribution in [0.3, 0.4) is 0 Å². The average molecular weight is 503 g/mol. The Bertz CT molecular complexity index is 1280. The van der Waals surface area contributed by atoms with Gasteiger partial charge in [0.25, 0.3) is 0 Å². The lowest BCUT2D eigenvalue weighted by Gasteiger charge is -2.40. The van der Waals surface area contributed by atoms with Crippen LogP contribution in [0.1, 0.15) is 49.9 Å². The van der Waals surface area contributed by atoms with Crippen LogP contribution >= 0.6 is 0 Å². The number of nitrogens with one attached hydrogen (secondary N) is 1. The van der Waals surface area contributed by atoms with Gasteiger partial charge in [-0.3, -0.25) is 9.69 Å². The highest BCUT2D eigenvalue weighted by Crippen LogP contribution is 2.45. The van der Waals surface area contributed by atoms with Gasteiger partial charge < -0.3 is 24.3 Å². The van der Waals surface area contributed by atoms with E-state index in [-0.39, 0.29) is 24.5 Å². The minimum atomic E-state index is -0.466. The van der Waals surface area contributed by atoms with Crippen molar-refractivity contribution in [3.8, 4) is 17.2 Å². The number of aromatic nitrogens is 1. The molecular weight excluding hydrogens is 468 g/mol. The molecule has 1 unspecified atom stereocenters. The van der Waals surface area contributed by atoms with Crippen molar-refractivity contribution in [1.29, 1.82) is 0 Å². The summed E-state index contributed by atoms with van der Waals surface area (Å²) in [5.74, 6) is 1.19. The summed E-state index contributed by atoms with van der Waals surface area (Å²) in [5.41, 5.74) is 3.45. The number of rotatable bonds is 9. The van der Waals surface area contributed by atoms with Gasteiger partial charge in [-0.15, -0.1) is 0 Å². The van der Waals surface area contributed by atoms with Crippen molar-refractivity contribution in [2.24, 2.45) is 0 Å². The molecule has 1 fully saturated rings. The Morgan fingerprint density at radius 3 is 2.51 bits per heavy atom. The third-order valence-electron chi connectivity index (χ3n) is 7.08. The first-order valence-corrected chi connectivity index (χ1v) is 12.9. The minimum Gasteiger partial charge on any atom is -0.497 e. The Balaban J connectivity index is 1.57. The average Bonchev–Trinajstić information content (AvgIpc) is 3.65. The van der Waals surface area contributed by atoms with Crippen molar-refractivity contribution >= 4 is 17.6 Å². The topological polar surface area (TPSA) is 76.0 Å². The zero-order valence-electron chi connectivity index (χ0n) is 21.6. The third kappa shape index (κ3) is 4.75. The molecule has 1 aliphatic carbocycles. The number of carbonyl (C=O) groups is 2. The fourth-order valence-corrected chi connectivity index (χ4v) is 5.06. The van der Waals surface area contributed by atoms with Crippen LogP contribution in [-0.2, 0) is 4.79 Å². The van der Waals surface area contributed by atoms with Crippen LogP contribution in [-0.4, -0.2) is 54.8 Å². The summed E-state index contributed by atoms with van der Waals surface area (Å²) in [5, 5.41) is 3.00. The maximum atomic E-state index is 14.2. The second-order valence-electron chi connectivity index (χ2n) is 9.51. The van der Waals surface area contributed by atoms with E-state index in [0.29, 0.717) is 18.0 Å². The Kier molecular flexibility index (Phi) is 7.08. The van der Waals surface area contributed by atoms with Crippen LogP contribution in [0.25, 0.3) is 5.69 Å². The first-order valence-electron chi connectivity index (χ1n) is 12.9. The smallest absolute Gasteiger partial charge is 0.318 e. The van der Waals surface area contributed by atoms with Gasteiger partial charge in [0.15, 0.2) is 0 Å². The highest BCUT2D eigenvalue weighted by Gasteiger charge is 2.41. The van der Waals surface area contributed by atoms with Gasteiger partial charge in [0, 0.05) is 24.3 Å². The van der Waals surface area contributed by atoms with Crippen molar-refractivity contribution in [2.75, 3.05) is 32.2 Å². The van der Waals surface area contributed by atoms with Crippen LogP contribution in [0.4, 0.5) is 10.5 Å². The number of hydrogen-bond donors (Lipinski definition) is 1. The number of fused-ring (bicyclic) bond motifs is 3. The number of hydrogen-bond acceptors (Lipinski definition) is 4. The number of ether oxygens (including phenoxy) is 2. The number of anilines is 1. The first-order chi connectivity index (χ1) is 18.1. The number of unbranched alkanes of at least 4 members (excludes halogenated alkanes) is 1. The van der Waals surface area contributed by atoms with Crippen molar-refractivity contribution in [1.82, 2.24) is 14.8 Å². The van der Waals surface area contributed by atoms with Crippen LogP contribution in [0.15, 0.2) is 60.8 Å². The maximum Gasteiger partial charge on any atom is 0.318 e. The molecule has 5 rings (SSSR count). The molecule has 1 saturated carbocycles. The van der Waals surface area contributed by atoms with Crippen molar-refractivity contribution in [3.05, 3.63) is 72.1 Å². The van der Waals surface area contributed by atoms with E-state index in [1.807, 2.05) is 65.7 Å². The van der Waals surface area contributed by atoms with Gasteiger partial charge in [0.1, 0.15) is 24.1 Å². The van der Waals surface area contributed by atoms with Gasteiger partial charge >= 0.3 is 6.03 Å². The molecule has 194 valence electrons. The largest absolute Gasteiger partial charge is 0.497 e. The van der Waals surface area contributed by atoms with Crippen molar-refractivity contribution < 1.29 is 19.1 Å². The Morgan fingerprint density at radius 1 is 1.03 bits per heavy atom. The second-order valence-corrected chi connectivity index (χ2v) is 9.51. The number of carbonyl (C=O) groups excluding carboxylic acids is 2. The third-order valence-corrected chi connectivity index (χ3v) is 7.08. The van der Waals surface area contributed by atoms with Crippen LogP contribution in [0, 0.1) is 0 Å². The summed E-state index contributed by atoms with van der Waals surface area (Å²) >= 11 is 0. The maximum absolute atomic E-state index is 14.2. The molecule has 0 spiro atoms. The molecule has 1 N–H and O–H groups in total. The van der Waals surface area contributed by atoms with Gasteiger partial charge in [-0.25, -0.2) is 4.79 Å². The molecule has 2 aliphatic rings. The molecule has 3 amide bonds. The van der Waals surface area contributed by atoms with Crippen molar-refractivity contribution in [2.45, 2.75) is 44.7 Å². The molecule has 2 heterocycles. The normalized spacial score (nSPS) is 16.0. The second kappa shape index (κ2) is 10.6. The minimum absolute atomic E-state index is 0.000448. The summed E-state index contributed by atoms with van der Waals surface area (Å²) in [6.45, 7) is 2.70. The van der Waals surface area contributed by atoms with E-state index in [9.17, 15) is 9.59 Å². The lowest BCUT2D eigenvalue weighted by Crippen LogP contribution is -2.50. The zero-order chi connectivity index (χ0) is 25.9. The Hall–Kier alpha value is -3.94. The lowest BCUT2D eigenvalue weighted by atomic mass is 9.96. The molecule has 0 radical (unpaired) electrons.